The highest BCUT2D eigenvalue weighted by Crippen LogP contribution is 2.43. The number of rotatable bonds is 6. The molecule has 0 bridgehead atoms. The normalized spacial score (nSPS) is 14.2. The van der Waals surface area contributed by atoms with E-state index in [2.05, 4.69) is 81.4 Å². The van der Waals surface area contributed by atoms with Gasteiger partial charge in [-0.15, -0.1) is 0 Å². The second kappa shape index (κ2) is 7.60. The molecule has 2 rings (SSSR count). The first-order chi connectivity index (χ1) is 9.74. The number of benzene rings is 2. The van der Waals surface area contributed by atoms with Gasteiger partial charge in [-0.25, -0.2) is 0 Å². The molecule has 106 valence electrons. The third kappa shape index (κ3) is 3.70. The minimum atomic E-state index is -0.263. The van der Waals surface area contributed by atoms with Crippen molar-refractivity contribution in [2.45, 2.75) is 39.3 Å². The van der Waals surface area contributed by atoms with Crippen LogP contribution in [0.3, 0.4) is 0 Å². The van der Waals surface area contributed by atoms with Gasteiger partial charge in [-0.1, -0.05) is 94.3 Å². The van der Waals surface area contributed by atoms with Crippen molar-refractivity contribution < 1.29 is 0 Å². The molecule has 20 heavy (non-hydrogen) atoms. The molecule has 0 aliphatic heterocycles. The minimum Gasteiger partial charge on any atom is -0.0654 e. The quantitative estimate of drug-likeness (QED) is 0.659. The Labute approximate surface area is 125 Å². The average Bonchev–Trinajstić information content (AvgIpc) is 2.50. The Hall–Kier alpha value is -1.13. The summed E-state index contributed by atoms with van der Waals surface area (Å²) in [5.74, 6) is 0.770. The molecule has 0 N–H and O–H groups in total. The molecule has 0 nitrogen and oxygen atoms in total. The van der Waals surface area contributed by atoms with Crippen LogP contribution < -0.4 is 10.6 Å². The number of hydrogen-bond acceptors (Lipinski definition) is 0. The Morgan fingerprint density at radius 1 is 0.800 bits per heavy atom. The Balaban J connectivity index is 2.35. The third-order valence-corrected chi connectivity index (χ3v) is 7.08. The lowest BCUT2D eigenvalue weighted by Gasteiger charge is -2.30. The van der Waals surface area contributed by atoms with E-state index in [1.807, 2.05) is 0 Å². The SMILES string of the molecule is CCC[C@H](C)C(C)P(c1ccccc1)c1ccccc1. The van der Waals surface area contributed by atoms with Gasteiger partial charge in [-0.3, -0.25) is 0 Å². The third-order valence-electron chi connectivity index (χ3n) is 4.04. The molecule has 1 heteroatoms. The van der Waals surface area contributed by atoms with Gasteiger partial charge < -0.3 is 0 Å². The highest BCUT2D eigenvalue weighted by atomic mass is 31.1. The van der Waals surface area contributed by atoms with Crippen LogP contribution in [0.15, 0.2) is 60.7 Å². The lowest BCUT2D eigenvalue weighted by molar-refractivity contribution is 0.518. The van der Waals surface area contributed by atoms with E-state index in [0.717, 1.165) is 11.6 Å². The Kier molecular flexibility index (Phi) is 5.80. The monoisotopic (exact) mass is 284 g/mol. The summed E-state index contributed by atoms with van der Waals surface area (Å²) in [6.45, 7) is 7.14. The summed E-state index contributed by atoms with van der Waals surface area (Å²) in [5.41, 5.74) is 0.717. The second-order valence-corrected chi connectivity index (χ2v) is 8.14. The van der Waals surface area contributed by atoms with E-state index in [-0.39, 0.29) is 7.92 Å². The van der Waals surface area contributed by atoms with Gasteiger partial charge in [0.25, 0.3) is 0 Å². The van der Waals surface area contributed by atoms with E-state index in [1.54, 1.807) is 0 Å². The zero-order chi connectivity index (χ0) is 14.4. The van der Waals surface area contributed by atoms with Gasteiger partial charge in [0.05, 0.1) is 0 Å². The summed E-state index contributed by atoms with van der Waals surface area (Å²) in [6.07, 6.45) is 2.60. The first-order valence-electron chi connectivity index (χ1n) is 7.63. The minimum absolute atomic E-state index is 0.263. The van der Waals surface area contributed by atoms with Gasteiger partial charge in [0, 0.05) is 0 Å². The Morgan fingerprint density at radius 3 is 1.65 bits per heavy atom. The lowest BCUT2D eigenvalue weighted by Crippen LogP contribution is -2.24. The summed E-state index contributed by atoms with van der Waals surface area (Å²) < 4.78 is 0. The van der Waals surface area contributed by atoms with E-state index in [4.69, 9.17) is 0 Å². The molecule has 0 spiro atoms. The Morgan fingerprint density at radius 2 is 1.25 bits per heavy atom. The van der Waals surface area contributed by atoms with Crippen LogP contribution in [0, 0.1) is 5.92 Å². The maximum absolute atomic E-state index is 2.44. The van der Waals surface area contributed by atoms with Gasteiger partial charge in [0.15, 0.2) is 0 Å². The molecular weight excluding hydrogens is 259 g/mol. The van der Waals surface area contributed by atoms with Crippen molar-refractivity contribution in [1.29, 1.82) is 0 Å². The van der Waals surface area contributed by atoms with E-state index in [9.17, 15) is 0 Å². The van der Waals surface area contributed by atoms with Crippen LogP contribution >= 0.6 is 7.92 Å². The van der Waals surface area contributed by atoms with Crippen LogP contribution in [0.25, 0.3) is 0 Å². The summed E-state index contributed by atoms with van der Waals surface area (Å²) >= 11 is 0. The molecule has 0 fully saturated rings. The molecule has 0 aromatic heterocycles. The molecule has 0 saturated carbocycles. The van der Waals surface area contributed by atoms with Crippen molar-refractivity contribution in [3.05, 3.63) is 60.7 Å². The lowest BCUT2D eigenvalue weighted by atomic mass is 10.0. The smallest absolute Gasteiger partial charge is 0.0131 e. The summed E-state index contributed by atoms with van der Waals surface area (Å²) in [5, 5.41) is 3.01. The van der Waals surface area contributed by atoms with Gasteiger partial charge in [-0.05, 0) is 30.1 Å². The van der Waals surface area contributed by atoms with E-state index in [0.29, 0.717) is 0 Å². The van der Waals surface area contributed by atoms with Crippen LogP contribution in [0.5, 0.6) is 0 Å². The predicted octanol–water partition coefficient (Wildman–Crippen LogP) is 4.94. The number of hydrogen-bond donors (Lipinski definition) is 0. The molecule has 1 unspecified atom stereocenters. The molecule has 0 aliphatic rings. The van der Waals surface area contributed by atoms with Gasteiger partial charge in [0.2, 0.25) is 0 Å². The zero-order valence-electron chi connectivity index (χ0n) is 12.8. The molecule has 0 aliphatic carbocycles. The van der Waals surface area contributed by atoms with Gasteiger partial charge in [-0.2, -0.15) is 0 Å². The average molecular weight is 284 g/mol. The van der Waals surface area contributed by atoms with Crippen molar-refractivity contribution in [2.75, 3.05) is 0 Å². The van der Waals surface area contributed by atoms with Crippen LogP contribution in [-0.4, -0.2) is 5.66 Å². The van der Waals surface area contributed by atoms with E-state index >= 15 is 0 Å². The van der Waals surface area contributed by atoms with Crippen molar-refractivity contribution in [3.8, 4) is 0 Å². The fraction of sp³-hybridized carbons (Fsp3) is 0.368. The van der Waals surface area contributed by atoms with Crippen molar-refractivity contribution >= 4 is 18.5 Å². The standard InChI is InChI=1S/C19H25P/c1-4-11-16(2)17(3)20(18-12-7-5-8-13-18)19-14-9-6-10-15-19/h5-10,12-17H,4,11H2,1-3H3/t16-,17?/m0/s1. The highest BCUT2D eigenvalue weighted by Gasteiger charge is 2.24. The highest BCUT2D eigenvalue weighted by molar-refractivity contribution is 7.73. The fourth-order valence-electron chi connectivity index (χ4n) is 2.75. The van der Waals surface area contributed by atoms with Crippen LogP contribution in [-0.2, 0) is 0 Å². The topological polar surface area (TPSA) is 0 Å². The van der Waals surface area contributed by atoms with Gasteiger partial charge in [0.1, 0.15) is 0 Å². The van der Waals surface area contributed by atoms with E-state index < -0.39 is 0 Å². The van der Waals surface area contributed by atoms with Crippen molar-refractivity contribution in [2.24, 2.45) is 5.92 Å². The summed E-state index contributed by atoms with van der Waals surface area (Å²) in [6, 6.07) is 22.1. The summed E-state index contributed by atoms with van der Waals surface area (Å²) in [7, 11) is -0.263. The maximum atomic E-state index is 2.44. The maximum Gasteiger partial charge on any atom is -0.0131 e. The predicted molar refractivity (Wildman–Crippen MR) is 92.6 cm³/mol. The van der Waals surface area contributed by atoms with Crippen molar-refractivity contribution in [3.63, 3.8) is 0 Å². The molecule has 0 saturated heterocycles. The molecule has 2 aromatic rings. The molecule has 0 heterocycles. The molecule has 0 amide bonds. The first-order valence-corrected chi connectivity index (χ1v) is 9.04. The van der Waals surface area contributed by atoms with Crippen molar-refractivity contribution in [1.82, 2.24) is 0 Å². The molecule has 2 aromatic carbocycles. The van der Waals surface area contributed by atoms with Crippen LogP contribution in [0.2, 0.25) is 0 Å². The molecule has 2 atom stereocenters. The molecular formula is C19H25P. The Bertz CT molecular complexity index is 452. The fourth-order valence-corrected chi connectivity index (χ4v) is 5.63. The molecule has 0 radical (unpaired) electrons. The van der Waals surface area contributed by atoms with E-state index in [1.165, 1.54) is 23.5 Å². The largest absolute Gasteiger partial charge is 0.0654 e. The van der Waals surface area contributed by atoms with Gasteiger partial charge >= 0.3 is 0 Å². The first kappa shape index (κ1) is 15.3. The van der Waals surface area contributed by atoms with Crippen LogP contribution in [0.4, 0.5) is 0 Å². The second-order valence-electron chi connectivity index (χ2n) is 5.55. The zero-order valence-corrected chi connectivity index (χ0v) is 13.7. The van der Waals surface area contributed by atoms with Crippen LogP contribution in [0.1, 0.15) is 33.6 Å². The summed E-state index contributed by atoms with van der Waals surface area (Å²) in [4.78, 5) is 0.